The average Bonchev–Trinajstić information content (AvgIpc) is 3.40. The lowest BCUT2D eigenvalue weighted by Gasteiger charge is -2.32. The Morgan fingerprint density at radius 3 is 2.61 bits per heavy atom. The van der Waals surface area contributed by atoms with Gasteiger partial charge in [0, 0.05) is 67.9 Å². The van der Waals surface area contributed by atoms with E-state index in [1.165, 1.54) is 12.1 Å². The number of likely N-dealkylation sites (tertiary alicyclic amines) is 1. The van der Waals surface area contributed by atoms with Gasteiger partial charge in [0.05, 0.1) is 22.5 Å². The molecule has 3 heterocycles. The molecule has 188 valence electrons. The molecule has 0 atom stereocenters. The standard InChI is InChI=1S/C26H30N6O4/c1-18-4-6-21(32(35)36)16-23(18)26(34)31-13-8-20(9-14-31)24-22(7-5-19(2)29-24)25(33)28-10-3-12-30-15-11-27-17-30/h4-7,11,15-17,20H,3,8-10,12-14H2,1-2H3,(H,28,33). The van der Waals surface area contributed by atoms with Crippen molar-refractivity contribution in [2.45, 2.75) is 45.6 Å². The summed E-state index contributed by atoms with van der Waals surface area (Å²) in [6.07, 6.45) is 7.48. The van der Waals surface area contributed by atoms with Crippen molar-refractivity contribution in [2.75, 3.05) is 19.6 Å². The highest BCUT2D eigenvalue weighted by molar-refractivity contribution is 5.97. The molecule has 0 aliphatic carbocycles. The lowest BCUT2D eigenvalue weighted by molar-refractivity contribution is -0.384. The van der Waals surface area contributed by atoms with Crippen LogP contribution >= 0.6 is 0 Å². The smallest absolute Gasteiger partial charge is 0.270 e. The zero-order valence-corrected chi connectivity index (χ0v) is 20.5. The molecule has 1 aromatic carbocycles. The molecule has 1 N–H and O–H groups in total. The highest BCUT2D eigenvalue weighted by atomic mass is 16.6. The number of nitrogens with zero attached hydrogens (tertiary/aromatic N) is 5. The minimum atomic E-state index is -0.490. The molecule has 2 amide bonds. The monoisotopic (exact) mass is 490 g/mol. The summed E-state index contributed by atoms with van der Waals surface area (Å²) in [5.41, 5.74) is 3.14. The maximum Gasteiger partial charge on any atom is 0.270 e. The second kappa shape index (κ2) is 11.1. The van der Waals surface area contributed by atoms with Crippen LogP contribution in [0.15, 0.2) is 49.1 Å². The van der Waals surface area contributed by atoms with Crippen LogP contribution in [0.2, 0.25) is 0 Å². The van der Waals surface area contributed by atoms with Gasteiger partial charge in [-0.05, 0) is 50.8 Å². The first-order chi connectivity index (χ1) is 17.3. The van der Waals surface area contributed by atoms with Crippen LogP contribution < -0.4 is 5.32 Å². The van der Waals surface area contributed by atoms with Crippen molar-refractivity contribution >= 4 is 17.5 Å². The Balaban J connectivity index is 1.40. The summed E-state index contributed by atoms with van der Waals surface area (Å²) in [4.78, 5) is 47.2. The Labute approximate surface area is 209 Å². The van der Waals surface area contributed by atoms with Crippen LogP contribution in [0.1, 0.15) is 62.8 Å². The molecule has 1 aliphatic heterocycles. The molecule has 0 unspecified atom stereocenters. The van der Waals surface area contributed by atoms with Crippen LogP contribution in [0.25, 0.3) is 0 Å². The fraction of sp³-hybridized carbons (Fsp3) is 0.385. The number of nitrogens with one attached hydrogen (secondary N) is 1. The number of piperidine rings is 1. The summed E-state index contributed by atoms with van der Waals surface area (Å²) >= 11 is 0. The van der Waals surface area contributed by atoms with Gasteiger partial charge in [-0.1, -0.05) is 6.07 Å². The number of benzene rings is 1. The third-order valence-corrected chi connectivity index (χ3v) is 6.58. The van der Waals surface area contributed by atoms with E-state index in [0.717, 1.165) is 24.4 Å². The lowest BCUT2D eigenvalue weighted by Crippen LogP contribution is -2.39. The van der Waals surface area contributed by atoms with Crippen LogP contribution in [0.5, 0.6) is 0 Å². The molecular formula is C26H30N6O4. The van der Waals surface area contributed by atoms with E-state index in [-0.39, 0.29) is 23.4 Å². The zero-order valence-electron chi connectivity index (χ0n) is 20.5. The molecule has 3 aromatic rings. The number of pyridine rings is 1. The quantitative estimate of drug-likeness (QED) is 0.292. The van der Waals surface area contributed by atoms with Gasteiger partial charge in [0.15, 0.2) is 0 Å². The van der Waals surface area contributed by atoms with E-state index >= 15 is 0 Å². The van der Waals surface area contributed by atoms with E-state index in [9.17, 15) is 19.7 Å². The van der Waals surface area contributed by atoms with Gasteiger partial charge >= 0.3 is 0 Å². The summed E-state index contributed by atoms with van der Waals surface area (Å²) in [6.45, 7) is 5.98. The van der Waals surface area contributed by atoms with Crippen molar-refractivity contribution in [1.82, 2.24) is 24.8 Å². The maximum atomic E-state index is 13.1. The predicted molar refractivity (Wildman–Crippen MR) is 134 cm³/mol. The van der Waals surface area contributed by atoms with Crippen LogP contribution in [0.3, 0.4) is 0 Å². The zero-order chi connectivity index (χ0) is 25.7. The summed E-state index contributed by atoms with van der Waals surface area (Å²) in [6, 6.07) is 8.03. The molecule has 2 aromatic heterocycles. The van der Waals surface area contributed by atoms with Gasteiger partial charge in [0.2, 0.25) is 0 Å². The van der Waals surface area contributed by atoms with Crippen molar-refractivity contribution in [1.29, 1.82) is 0 Å². The number of carbonyl (C=O) groups excluding carboxylic acids is 2. The molecule has 4 rings (SSSR count). The third-order valence-electron chi connectivity index (χ3n) is 6.58. The highest BCUT2D eigenvalue weighted by Gasteiger charge is 2.29. The van der Waals surface area contributed by atoms with Gasteiger partial charge in [-0.3, -0.25) is 24.7 Å². The number of aryl methyl sites for hydroxylation is 3. The van der Waals surface area contributed by atoms with Crippen LogP contribution in [0.4, 0.5) is 5.69 Å². The van der Waals surface area contributed by atoms with Crippen molar-refractivity contribution < 1.29 is 14.5 Å². The first kappa shape index (κ1) is 25.0. The molecule has 1 fully saturated rings. The Hall–Kier alpha value is -4.08. The Kier molecular flexibility index (Phi) is 7.72. The number of imidazole rings is 1. The van der Waals surface area contributed by atoms with E-state index in [1.807, 2.05) is 29.8 Å². The third kappa shape index (κ3) is 5.76. The molecule has 0 saturated carbocycles. The SMILES string of the molecule is Cc1ccc(C(=O)NCCCn2ccnc2)c(C2CCN(C(=O)c3cc([N+](=O)[O-])ccc3C)CC2)n1. The molecule has 10 nitrogen and oxygen atoms in total. The van der Waals surface area contributed by atoms with E-state index < -0.39 is 4.92 Å². The first-order valence-corrected chi connectivity index (χ1v) is 12.1. The topological polar surface area (TPSA) is 123 Å². The number of hydrogen-bond donors (Lipinski definition) is 1. The van der Waals surface area contributed by atoms with Gasteiger partial charge in [-0.15, -0.1) is 0 Å². The largest absolute Gasteiger partial charge is 0.352 e. The van der Waals surface area contributed by atoms with Gasteiger partial charge in [-0.25, -0.2) is 4.98 Å². The van der Waals surface area contributed by atoms with E-state index in [2.05, 4.69) is 10.3 Å². The molecule has 10 heteroatoms. The second-order valence-electron chi connectivity index (χ2n) is 9.12. The molecule has 0 radical (unpaired) electrons. The number of nitro benzene ring substituents is 1. The average molecular weight is 491 g/mol. The Morgan fingerprint density at radius 2 is 1.92 bits per heavy atom. The molecular weight excluding hydrogens is 460 g/mol. The lowest BCUT2D eigenvalue weighted by atomic mass is 9.89. The van der Waals surface area contributed by atoms with Gasteiger partial charge in [0.25, 0.3) is 17.5 Å². The summed E-state index contributed by atoms with van der Waals surface area (Å²) in [7, 11) is 0. The van der Waals surface area contributed by atoms with E-state index in [4.69, 9.17) is 4.98 Å². The number of carbonyl (C=O) groups is 2. The second-order valence-corrected chi connectivity index (χ2v) is 9.12. The number of amides is 2. The van der Waals surface area contributed by atoms with Crippen molar-refractivity contribution in [3.8, 4) is 0 Å². The van der Waals surface area contributed by atoms with Crippen LogP contribution in [-0.4, -0.2) is 55.8 Å². The van der Waals surface area contributed by atoms with Crippen molar-refractivity contribution in [3.05, 3.63) is 87.2 Å². The Morgan fingerprint density at radius 1 is 1.14 bits per heavy atom. The fourth-order valence-electron chi connectivity index (χ4n) is 4.54. The van der Waals surface area contributed by atoms with E-state index in [1.54, 1.807) is 30.4 Å². The molecule has 1 aliphatic rings. The molecule has 0 spiro atoms. The Bertz CT molecular complexity index is 1250. The van der Waals surface area contributed by atoms with Gasteiger partial charge < -0.3 is 14.8 Å². The highest BCUT2D eigenvalue weighted by Crippen LogP contribution is 2.31. The number of nitro groups is 1. The van der Waals surface area contributed by atoms with Crippen molar-refractivity contribution in [2.24, 2.45) is 0 Å². The van der Waals surface area contributed by atoms with E-state index in [0.29, 0.717) is 49.2 Å². The van der Waals surface area contributed by atoms with Crippen LogP contribution in [0, 0.1) is 24.0 Å². The molecule has 0 bridgehead atoms. The predicted octanol–water partition coefficient (Wildman–Crippen LogP) is 3.64. The first-order valence-electron chi connectivity index (χ1n) is 12.1. The number of non-ortho nitro benzene ring substituents is 1. The number of hydrogen-bond acceptors (Lipinski definition) is 6. The minimum Gasteiger partial charge on any atom is -0.352 e. The van der Waals surface area contributed by atoms with Crippen LogP contribution in [-0.2, 0) is 6.54 Å². The molecule has 1 saturated heterocycles. The normalized spacial score (nSPS) is 14.0. The summed E-state index contributed by atoms with van der Waals surface area (Å²) < 4.78 is 1.97. The number of rotatable bonds is 8. The number of aromatic nitrogens is 3. The maximum absolute atomic E-state index is 13.1. The minimum absolute atomic E-state index is 0.0480. The van der Waals surface area contributed by atoms with Crippen molar-refractivity contribution in [3.63, 3.8) is 0 Å². The summed E-state index contributed by atoms with van der Waals surface area (Å²) in [5.74, 6) is -0.302. The van der Waals surface area contributed by atoms with Gasteiger partial charge in [0.1, 0.15) is 0 Å². The van der Waals surface area contributed by atoms with Gasteiger partial charge in [-0.2, -0.15) is 0 Å². The molecule has 36 heavy (non-hydrogen) atoms. The fourth-order valence-corrected chi connectivity index (χ4v) is 4.54. The summed E-state index contributed by atoms with van der Waals surface area (Å²) in [5, 5.41) is 14.1.